The molecule has 0 amide bonds. The zero-order valence-electron chi connectivity index (χ0n) is 12.4. The Labute approximate surface area is 132 Å². The monoisotopic (exact) mass is 318 g/mol. The molecule has 0 spiro atoms. The summed E-state index contributed by atoms with van der Waals surface area (Å²) in [5, 5.41) is 9.17. The van der Waals surface area contributed by atoms with Gasteiger partial charge in [-0.15, -0.1) is 0 Å². The summed E-state index contributed by atoms with van der Waals surface area (Å²) in [4.78, 5) is 14.5. The van der Waals surface area contributed by atoms with Gasteiger partial charge in [0.1, 0.15) is 0 Å². The third-order valence-corrected chi connectivity index (χ3v) is 5.31. The minimum absolute atomic E-state index is 0.00987. The fraction of sp³-hybridized carbons (Fsp3) is 0.312. The van der Waals surface area contributed by atoms with Crippen LogP contribution in [-0.4, -0.2) is 39.6 Å². The number of benzene rings is 1. The number of anilines is 1. The predicted molar refractivity (Wildman–Crippen MR) is 85.5 cm³/mol. The van der Waals surface area contributed by atoms with Gasteiger partial charge in [-0.3, -0.25) is 9.10 Å². The van der Waals surface area contributed by atoms with Gasteiger partial charge in [0.15, 0.2) is 16.8 Å². The molecule has 6 heteroatoms. The third kappa shape index (κ3) is 2.48. The van der Waals surface area contributed by atoms with Crippen LogP contribution in [0.4, 0.5) is 5.69 Å². The number of allylic oxidation sites excluding steroid dienone is 3. The average Bonchev–Trinajstić information content (AvgIpc) is 2.62. The Hall–Kier alpha value is -1.92. The summed E-state index contributed by atoms with van der Waals surface area (Å²) in [6.45, 7) is 0.693. The van der Waals surface area contributed by atoms with Crippen molar-refractivity contribution in [3.05, 3.63) is 47.8 Å². The fourth-order valence-corrected chi connectivity index (χ4v) is 3.98. The lowest BCUT2D eigenvalue weighted by molar-refractivity contribution is -0.114. The van der Waals surface area contributed by atoms with Gasteiger partial charge in [-0.2, -0.15) is 0 Å². The van der Waals surface area contributed by atoms with E-state index < -0.39 is 11.0 Å². The van der Waals surface area contributed by atoms with Crippen molar-refractivity contribution >= 4 is 22.5 Å². The molecular weight excluding hydrogens is 300 g/mol. The molecule has 1 aliphatic carbocycles. The quantitative estimate of drug-likeness (QED) is 0.919. The average molecular weight is 318 g/mol. The molecule has 2 aliphatic rings. The molecule has 1 aromatic carbocycles. The standard InChI is InChI=1S/C16H18N2O3S/c1-17-15-11-12(20)7-8-13(15)18(9-4-10-19)14-5-2-3-6-16(14)22(17)21/h2-3,5-8,19H,4,9-11H2,1H3. The molecule has 1 N–H and O–H groups in total. The van der Waals surface area contributed by atoms with E-state index in [4.69, 9.17) is 0 Å². The molecule has 1 aliphatic heterocycles. The highest BCUT2D eigenvalue weighted by molar-refractivity contribution is 7.83. The van der Waals surface area contributed by atoms with Crippen LogP contribution in [-0.2, 0) is 15.8 Å². The Morgan fingerprint density at radius 3 is 2.82 bits per heavy atom. The molecule has 1 atom stereocenters. The molecule has 3 rings (SSSR count). The van der Waals surface area contributed by atoms with Crippen molar-refractivity contribution in [3.8, 4) is 0 Å². The van der Waals surface area contributed by atoms with Crippen molar-refractivity contribution in [2.75, 3.05) is 25.1 Å². The van der Waals surface area contributed by atoms with Crippen LogP contribution in [0, 0.1) is 0 Å². The van der Waals surface area contributed by atoms with Gasteiger partial charge >= 0.3 is 0 Å². The second kappa shape index (κ2) is 6.06. The van der Waals surface area contributed by atoms with Crippen LogP contribution in [0.25, 0.3) is 0 Å². The molecule has 1 unspecified atom stereocenters. The van der Waals surface area contributed by atoms with Gasteiger partial charge in [0.2, 0.25) is 0 Å². The van der Waals surface area contributed by atoms with Crippen molar-refractivity contribution in [1.82, 2.24) is 4.31 Å². The topological polar surface area (TPSA) is 60.9 Å². The van der Waals surface area contributed by atoms with Gasteiger partial charge in [-0.25, -0.2) is 4.21 Å². The van der Waals surface area contributed by atoms with Crippen LogP contribution in [0.2, 0.25) is 0 Å². The zero-order chi connectivity index (χ0) is 15.7. The Morgan fingerprint density at radius 1 is 1.27 bits per heavy atom. The Morgan fingerprint density at radius 2 is 2.05 bits per heavy atom. The number of aliphatic hydroxyl groups is 1. The largest absolute Gasteiger partial charge is 0.396 e. The Bertz CT molecular complexity index is 696. The van der Waals surface area contributed by atoms with Crippen molar-refractivity contribution in [2.24, 2.45) is 0 Å². The number of rotatable bonds is 3. The summed E-state index contributed by atoms with van der Waals surface area (Å²) in [5.41, 5.74) is 2.51. The number of carbonyl (C=O) groups excluding carboxylic acids is 1. The molecule has 0 bridgehead atoms. The number of fused-ring (bicyclic) bond motifs is 1. The lowest BCUT2D eigenvalue weighted by Crippen LogP contribution is -2.29. The molecule has 1 heterocycles. The summed E-state index contributed by atoms with van der Waals surface area (Å²) >= 11 is 0. The van der Waals surface area contributed by atoms with E-state index in [2.05, 4.69) is 0 Å². The molecule has 0 fully saturated rings. The summed E-state index contributed by atoms with van der Waals surface area (Å²) in [5.74, 6) is 0.00987. The number of hydrogen-bond donors (Lipinski definition) is 1. The molecule has 0 saturated heterocycles. The summed E-state index contributed by atoms with van der Waals surface area (Å²) in [6.07, 6.45) is 4.20. The van der Waals surface area contributed by atoms with Gasteiger partial charge in [-0.1, -0.05) is 12.1 Å². The molecule has 116 valence electrons. The zero-order valence-corrected chi connectivity index (χ0v) is 13.2. The highest BCUT2D eigenvalue weighted by atomic mass is 32.2. The smallest absolute Gasteiger partial charge is 0.161 e. The Kier molecular flexibility index (Phi) is 4.13. The maximum absolute atomic E-state index is 12.8. The predicted octanol–water partition coefficient (Wildman–Crippen LogP) is 1.58. The molecule has 0 aromatic heterocycles. The summed E-state index contributed by atoms with van der Waals surface area (Å²) < 4.78 is 14.5. The molecule has 1 aromatic rings. The Balaban J connectivity index is 2.17. The lowest BCUT2D eigenvalue weighted by atomic mass is 10.1. The van der Waals surface area contributed by atoms with Crippen LogP contribution in [0.1, 0.15) is 12.8 Å². The van der Waals surface area contributed by atoms with Crippen molar-refractivity contribution < 1.29 is 14.1 Å². The van der Waals surface area contributed by atoms with Gasteiger partial charge in [0.25, 0.3) is 0 Å². The van der Waals surface area contributed by atoms with Gasteiger partial charge in [0, 0.05) is 20.2 Å². The first-order chi connectivity index (χ1) is 10.6. The first-order valence-corrected chi connectivity index (χ1v) is 8.31. The molecule has 22 heavy (non-hydrogen) atoms. The summed E-state index contributed by atoms with van der Waals surface area (Å²) in [6, 6.07) is 7.54. The van der Waals surface area contributed by atoms with E-state index >= 15 is 0 Å². The van der Waals surface area contributed by atoms with Crippen LogP contribution in [0.5, 0.6) is 0 Å². The van der Waals surface area contributed by atoms with Crippen molar-refractivity contribution in [3.63, 3.8) is 0 Å². The maximum Gasteiger partial charge on any atom is 0.161 e. The molecule has 0 saturated carbocycles. The normalized spacial score (nSPS) is 20.8. The first-order valence-electron chi connectivity index (χ1n) is 7.20. The number of nitrogens with zero attached hydrogens (tertiary/aromatic N) is 2. The van der Waals surface area contributed by atoms with Crippen LogP contribution < -0.4 is 4.90 Å². The number of ketones is 1. The number of aliphatic hydroxyl groups excluding tert-OH is 1. The van der Waals surface area contributed by atoms with E-state index in [0.717, 1.165) is 22.0 Å². The van der Waals surface area contributed by atoms with Crippen LogP contribution in [0.15, 0.2) is 52.7 Å². The van der Waals surface area contributed by atoms with Gasteiger partial charge in [-0.05, 0) is 30.7 Å². The highest BCUT2D eigenvalue weighted by Gasteiger charge is 2.31. The second-order valence-corrected chi connectivity index (χ2v) is 6.74. The fourth-order valence-electron chi connectivity index (χ4n) is 2.78. The van der Waals surface area contributed by atoms with E-state index in [9.17, 15) is 14.1 Å². The van der Waals surface area contributed by atoms with E-state index in [1.54, 1.807) is 23.5 Å². The van der Waals surface area contributed by atoms with Crippen molar-refractivity contribution in [1.29, 1.82) is 0 Å². The van der Waals surface area contributed by atoms with Gasteiger partial charge < -0.3 is 10.0 Å². The van der Waals surface area contributed by atoms with Crippen LogP contribution >= 0.6 is 0 Å². The van der Waals surface area contributed by atoms with E-state index in [1.165, 1.54) is 0 Å². The van der Waals surface area contributed by atoms with Crippen molar-refractivity contribution in [2.45, 2.75) is 17.7 Å². The van der Waals surface area contributed by atoms with Gasteiger partial charge in [0.05, 0.1) is 28.4 Å². The molecule has 5 nitrogen and oxygen atoms in total. The summed E-state index contributed by atoms with van der Waals surface area (Å²) in [7, 11) is 0.403. The van der Waals surface area contributed by atoms with E-state index in [1.807, 2.05) is 29.2 Å². The maximum atomic E-state index is 12.8. The van der Waals surface area contributed by atoms with E-state index in [-0.39, 0.29) is 18.8 Å². The highest BCUT2D eigenvalue weighted by Crippen LogP contribution is 2.37. The number of hydrogen-bond acceptors (Lipinski definition) is 4. The second-order valence-electron chi connectivity index (χ2n) is 5.25. The first kappa shape index (κ1) is 15.0. The lowest BCUT2D eigenvalue weighted by Gasteiger charge is -2.29. The number of carbonyl (C=O) groups is 1. The minimum atomic E-state index is -1.35. The number of para-hydroxylation sites is 1. The third-order valence-electron chi connectivity index (χ3n) is 3.87. The van der Waals surface area contributed by atoms with E-state index in [0.29, 0.717) is 13.0 Å². The minimum Gasteiger partial charge on any atom is -0.396 e. The SMILES string of the molecule is CN1C2=C(C=CC(=O)C2)N(CCCO)c2ccccc2S1=O. The molecule has 0 radical (unpaired) electrons. The molecular formula is C16H18N2O3S. The van der Waals surface area contributed by atoms with Crippen LogP contribution in [0.3, 0.4) is 0 Å².